The summed E-state index contributed by atoms with van der Waals surface area (Å²) >= 11 is 0. The first-order valence-corrected chi connectivity index (χ1v) is 14.5. The van der Waals surface area contributed by atoms with E-state index in [1.54, 1.807) is 6.07 Å². The quantitative estimate of drug-likeness (QED) is 0.546. The number of hydrogen-bond donors (Lipinski definition) is 2. The number of aldehydes is 1. The number of piperidine rings is 2. The van der Waals surface area contributed by atoms with Crippen molar-refractivity contribution in [3.8, 4) is 0 Å². The molecule has 3 aliphatic heterocycles. The minimum absolute atomic E-state index is 0.00528. The van der Waals surface area contributed by atoms with E-state index in [1.807, 2.05) is 24.8 Å². The molecule has 0 saturated carbocycles. The molecule has 2 amide bonds. The number of nitrogens with zero attached hydrogens (tertiary/aromatic N) is 2. The highest BCUT2D eigenvalue weighted by Crippen LogP contribution is 2.44. The van der Waals surface area contributed by atoms with Gasteiger partial charge >= 0.3 is 0 Å². The third kappa shape index (κ3) is 8.21. The molecular weight excluding hydrogens is 507 g/mol. The minimum Gasteiger partial charge on any atom is -0.349 e. The Hall–Kier alpha value is -3.10. The van der Waals surface area contributed by atoms with Crippen LogP contribution in [0.3, 0.4) is 0 Å². The van der Waals surface area contributed by atoms with Gasteiger partial charge in [0.05, 0.1) is 17.9 Å². The molecule has 2 N–H and O–H groups in total. The fourth-order valence-corrected chi connectivity index (χ4v) is 5.44. The number of benzene rings is 2. The first-order valence-electron chi connectivity index (χ1n) is 14.5. The van der Waals surface area contributed by atoms with Gasteiger partial charge < -0.3 is 25.2 Å². The molecule has 218 valence electrons. The van der Waals surface area contributed by atoms with Gasteiger partial charge in [0.25, 0.3) is 0 Å². The summed E-state index contributed by atoms with van der Waals surface area (Å²) in [7, 11) is 2.11. The molecule has 0 radical (unpaired) electrons. The molecule has 2 fully saturated rings. The molecule has 3 aliphatic rings. The predicted octanol–water partition coefficient (Wildman–Crippen LogP) is 4.09. The van der Waals surface area contributed by atoms with Crippen LogP contribution in [0.4, 0.5) is 10.1 Å². The highest BCUT2D eigenvalue weighted by atomic mass is 19.1. The van der Waals surface area contributed by atoms with E-state index in [1.165, 1.54) is 17.7 Å². The number of anilines is 1. The number of nitrogens with one attached hydrogen (secondary N) is 2. The van der Waals surface area contributed by atoms with Crippen LogP contribution in [0.5, 0.6) is 0 Å². The van der Waals surface area contributed by atoms with Crippen molar-refractivity contribution >= 4 is 23.8 Å². The molecule has 8 heteroatoms. The largest absolute Gasteiger partial charge is 0.349 e. The number of hydrogen-bond acceptors (Lipinski definition) is 5. The van der Waals surface area contributed by atoms with Gasteiger partial charge in [0.2, 0.25) is 11.8 Å². The van der Waals surface area contributed by atoms with E-state index in [0.717, 1.165) is 69.5 Å². The van der Waals surface area contributed by atoms with Crippen LogP contribution in [0.1, 0.15) is 57.6 Å². The van der Waals surface area contributed by atoms with Crippen LogP contribution in [-0.2, 0) is 26.2 Å². The molecule has 1 unspecified atom stereocenters. The third-order valence-electron chi connectivity index (χ3n) is 7.98. The fourth-order valence-electron chi connectivity index (χ4n) is 5.44. The second kappa shape index (κ2) is 15.1. The lowest BCUT2D eigenvalue weighted by Crippen LogP contribution is -2.47. The van der Waals surface area contributed by atoms with Crippen LogP contribution >= 0.6 is 0 Å². The monoisotopic (exact) mass is 552 g/mol. The van der Waals surface area contributed by atoms with Gasteiger partial charge in [-0.15, -0.1) is 0 Å². The molecule has 1 atom stereocenters. The summed E-state index contributed by atoms with van der Waals surface area (Å²) in [6.45, 7) is 9.83. The smallest absolute Gasteiger partial charge is 0.237 e. The maximum absolute atomic E-state index is 13.5. The lowest BCUT2D eigenvalue weighted by Gasteiger charge is -2.36. The molecule has 2 saturated heterocycles. The first-order chi connectivity index (χ1) is 19.2. The van der Waals surface area contributed by atoms with Gasteiger partial charge in [-0.1, -0.05) is 37.3 Å². The molecule has 7 nitrogen and oxygen atoms in total. The van der Waals surface area contributed by atoms with Gasteiger partial charge in [-0.05, 0) is 102 Å². The second-order valence-corrected chi connectivity index (χ2v) is 11.3. The van der Waals surface area contributed by atoms with Crippen molar-refractivity contribution in [3.63, 3.8) is 0 Å². The Morgan fingerprint density at radius 2 is 1.82 bits per heavy atom. The molecule has 0 aliphatic carbocycles. The molecule has 0 aromatic heterocycles. The number of rotatable bonds is 5. The molecule has 3 heterocycles. The van der Waals surface area contributed by atoms with Gasteiger partial charge in [-0.3, -0.25) is 9.59 Å². The van der Waals surface area contributed by atoms with Crippen LogP contribution in [0.15, 0.2) is 48.5 Å². The average molecular weight is 553 g/mol. The van der Waals surface area contributed by atoms with Gasteiger partial charge in [0.1, 0.15) is 12.1 Å². The Morgan fingerprint density at radius 1 is 1.12 bits per heavy atom. The number of fused-ring (bicyclic) bond motifs is 1. The summed E-state index contributed by atoms with van der Waals surface area (Å²) < 4.78 is 13.5. The maximum Gasteiger partial charge on any atom is 0.237 e. The number of carbonyl (C=O) groups is 3. The van der Waals surface area contributed by atoms with E-state index in [-0.39, 0.29) is 36.1 Å². The second-order valence-electron chi connectivity index (χ2n) is 11.3. The van der Waals surface area contributed by atoms with E-state index in [2.05, 4.69) is 53.8 Å². The Kier molecular flexibility index (Phi) is 11.8. The number of carbonyl (C=O) groups excluding carboxylic acids is 3. The summed E-state index contributed by atoms with van der Waals surface area (Å²) in [6.07, 6.45) is 5.77. The molecule has 2 aromatic rings. The zero-order valence-corrected chi connectivity index (χ0v) is 24.4. The van der Waals surface area contributed by atoms with Crippen molar-refractivity contribution in [2.75, 3.05) is 44.7 Å². The van der Waals surface area contributed by atoms with Crippen molar-refractivity contribution in [2.24, 2.45) is 5.92 Å². The predicted molar refractivity (Wildman–Crippen MR) is 158 cm³/mol. The standard InChI is InChI=1S/C16H21FN2O.C8H14N2O2.C8H10/c1-16(2)13-10-11(17)4-5-14(13)19(15(16)20)12-6-8-18(3)9-7-12;11-5-4-10-8(12)7-2-1-3-9-6-7;1-2-8-6-4-3-5-7-8/h4-5,10,12H,6-9H2,1-3H3;5,7,9H,1-4,6H2,(H,10,12);3-7H,2H2,1H3. The highest BCUT2D eigenvalue weighted by Gasteiger charge is 2.46. The van der Waals surface area contributed by atoms with Crippen molar-refractivity contribution in [3.05, 3.63) is 65.5 Å². The Labute approximate surface area is 238 Å². The zero-order chi connectivity index (χ0) is 29.1. The van der Waals surface area contributed by atoms with Gasteiger partial charge in [0, 0.05) is 18.3 Å². The Morgan fingerprint density at radius 3 is 2.40 bits per heavy atom. The molecule has 0 spiro atoms. The normalized spacial score (nSPS) is 20.4. The SMILES string of the molecule is CCc1ccccc1.CN1CCC(N2C(=O)C(C)(C)c3cc(F)ccc32)CC1.O=CCNC(=O)C1CCCNC1. The number of aryl methyl sites for hydroxylation is 1. The molecule has 0 bridgehead atoms. The summed E-state index contributed by atoms with van der Waals surface area (Å²) in [5.74, 6) is -0.115. The molecule has 40 heavy (non-hydrogen) atoms. The van der Waals surface area contributed by atoms with E-state index < -0.39 is 5.41 Å². The Balaban J connectivity index is 0.000000187. The van der Waals surface area contributed by atoms with Crippen LogP contribution in [0.25, 0.3) is 0 Å². The molecular formula is C32H45FN4O3. The van der Waals surface area contributed by atoms with Gasteiger partial charge in [-0.25, -0.2) is 4.39 Å². The first kappa shape index (κ1) is 31.4. The zero-order valence-electron chi connectivity index (χ0n) is 24.4. The van der Waals surface area contributed by atoms with E-state index in [4.69, 9.17) is 0 Å². The van der Waals surface area contributed by atoms with Crippen molar-refractivity contribution in [2.45, 2.75) is 64.3 Å². The fraction of sp³-hybridized carbons (Fsp3) is 0.531. The maximum atomic E-state index is 13.5. The van der Waals surface area contributed by atoms with Crippen molar-refractivity contribution in [1.82, 2.24) is 15.5 Å². The topological polar surface area (TPSA) is 81.8 Å². The number of halogens is 1. The third-order valence-corrected chi connectivity index (χ3v) is 7.98. The Bertz CT molecular complexity index is 1110. The average Bonchev–Trinajstić information content (AvgIpc) is 3.18. The summed E-state index contributed by atoms with van der Waals surface area (Å²) in [5.41, 5.74) is 2.51. The van der Waals surface area contributed by atoms with E-state index in [0.29, 0.717) is 6.29 Å². The van der Waals surface area contributed by atoms with Crippen molar-refractivity contribution in [1.29, 1.82) is 0 Å². The summed E-state index contributed by atoms with van der Waals surface area (Å²) in [5, 5.41) is 5.70. The van der Waals surface area contributed by atoms with Crippen LogP contribution in [-0.4, -0.2) is 68.8 Å². The number of likely N-dealkylation sites (tertiary alicyclic amines) is 1. The highest BCUT2D eigenvalue weighted by molar-refractivity contribution is 6.08. The molecule has 2 aromatic carbocycles. The lowest BCUT2D eigenvalue weighted by molar-refractivity contribution is -0.126. The van der Waals surface area contributed by atoms with E-state index in [9.17, 15) is 18.8 Å². The van der Waals surface area contributed by atoms with Crippen LogP contribution in [0, 0.1) is 11.7 Å². The lowest BCUT2D eigenvalue weighted by atomic mass is 9.86. The summed E-state index contributed by atoms with van der Waals surface area (Å²) in [6, 6.07) is 15.4. The van der Waals surface area contributed by atoms with Gasteiger partial charge in [0.15, 0.2) is 0 Å². The number of amides is 2. The van der Waals surface area contributed by atoms with Crippen LogP contribution in [0.2, 0.25) is 0 Å². The van der Waals surface area contributed by atoms with Gasteiger partial charge in [-0.2, -0.15) is 0 Å². The van der Waals surface area contributed by atoms with Crippen LogP contribution < -0.4 is 15.5 Å². The summed E-state index contributed by atoms with van der Waals surface area (Å²) in [4.78, 5) is 38.2. The van der Waals surface area contributed by atoms with Crippen molar-refractivity contribution < 1.29 is 18.8 Å². The van der Waals surface area contributed by atoms with E-state index >= 15 is 0 Å². The minimum atomic E-state index is -0.624. The molecule has 5 rings (SSSR count).